The van der Waals surface area contributed by atoms with Gasteiger partial charge in [-0.25, -0.2) is 0 Å². The molecule has 12 nitrogen and oxygen atoms in total. The first kappa shape index (κ1) is 34.3. The molecule has 4 atom stereocenters. The third-order valence-electron chi connectivity index (χ3n) is 1.56. The first-order valence-corrected chi connectivity index (χ1v) is 4.49. The Balaban J connectivity index is -0.0000000831. The van der Waals surface area contributed by atoms with Gasteiger partial charge in [0.25, 0.3) is 0 Å². The smallest absolute Gasteiger partial charge is 0.547 e. The Bertz CT molecular complexity index is 319. The van der Waals surface area contributed by atoms with E-state index in [0.29, 0.717) is 0 Å². The third kappa shape index (κ3) is 15.2. The van der Waals surface area contributed by atoms with Crippen LogP contribution in [0.25, 0.3) is 0 Å². The van der Waals surface area contributed by atoms with Gasteiger partial charge in [0.05, 0.1) is 23.9 Å². The van der Waals surface area contributed by atoms with Crippen molar-refractivity contribution in [1.29, 1.82) is 0 Å². The molecule has 4 unspecified atom stereocenters. The molecule has 0 aliphatic heterocycles. The zero-order valence-corrected chi connectivity index (χ0v) is 16.1. The van der Waals surface area contributed by atoms with E-state index in [-0.39, 0.29) is 69.2 Å². The molecule has 0 amide bonds. The minimum atomic E-state index is -2.44. The summed E-state index contributed by atoms with van der Waals surface area (Å²) in [6, 6.07) is 0. The van der Waals surface area contributed by atoms with Crippen molar-refractivity contribution in [2.45, 2.75) is 24.4 Å². The van der Waals surface area contributed by atoms with E-state index >= 15 is 0 Å². The molecule has 0 spiro atoms. The summed E-state index contributed by atoms with van der Waals surface area (Å²) in [5.74, 6) is -8.23. The summed E-state index contributed by atoms with van der Waals surface area (Å²) in [6.07, 6.45) is -9.76. The van der Waals surface area contributed by atoms with Gasteiger partial charge in [0, 0.05) is 0 Å². The number of carbonyl (C=O) groups is 4. The van der Waals surface area contributed by atoms with Crippen molar-refractivity contribution in [2.24, 2.45) is 0 Å². The fourth-order valence-electron chi connectivity index (χ4n) is 0.516. The molecule has 0 aromatic carbocycles. The molecule has 0 aromatic rings. The minimum Gasteiger partial charge on any atom is -0.547 e. The van der Waals surface area contributed by atoms with Crippen LogP contribution in [-0.2, 0) is 19.2 Å². The second-order valence-electron chi connectivity index (χ2n) is 3.06. The number of hydrogen-bond donors (Lipinski definition) is 4. The van der Waals surface area contributed by atoms with E-state index in [4.69, 9.17) is 20.4 Å². The number of carboxylic acids is 4. The minimum absolute atomic E-state index is 0. The third-order valence-corrected chi connectivity index (χ3v) is 1.56. The molecule has 0 radical (unpaired) electrons. The van der Waals surface area contributed by atoms with Crippen molar-refractivity contribution in [2.75, 3.05) is 0 Å². The fourth-order valence-corrected chi connectivity index (χ4v) is 0.516. The van der Waals surface area contributed by atoms with Gasteiger partial charge in [0.15, 0.2) is 0 Å². The normalized spacial score (nSPS) is 13.7. The molecule has 0 saturated heterocycles. The zero-order valence-electron chi connectivity index (χ0n) is 12.1. The van der Waals surface area contributed by atoms with E-state index in [9.17, 15) is 39.6 Å². The average molecular weight is 351 g/mol. The fraction of sp³-hybridized carbons (Fsp3) is 0.500. The first-order chi connectivity index (χ1) is 8.93. The molecule has 0 saturated carbocycles. The average Bonchev–Trinajstić information content (AvgIpc) is 2.35. The molecular weight excluding hydrogens is 343 g/mol. The van der Waals surface area contributed by atoms with Crippen LogP contribution in [0.2, 0.25) is 0 Å². The van der Waals surface area contributed by atoms with Crippen LogP contribution in [0.5, 0.6) is 0 Å². The van der Waals surface area contributed by atoms with Gasteiger partial charge in [-0.1, -0.05) is 0 Å². The Morgan fingerprint density at radius 2 is 0.609 bits per heavy atom. The van der Waals surface area contributed by atoms with Crippen LogP contribution in [0.1, 0.15) is 0 Å². The predicted molar refractivity (Wildman–Crippen MR) is 49.8 cm³/mol. The summed E-state index contributed by atoms with van der Waals surface area (Å²) in [5.41, 5.74) is 0. The van der Waals surface area contributed by atoms with Crippen LogP contribution in [0.3, 0.4) is 0 Å². The van der Waals surface area contributed by atoms with Crippen molar-refractivity contribution in [3.8, 4) is 0 Å². The second-order valence-corrected chi connectivity index (χ2v) is 3.06. The molecule has 0 rings (SSSR count). The number of hydrogen-bond acceptors (Lipinski definition) is 12. The molecule has 116 valence electrons. The molecule has 4 N–H and O–H groups in total. The van der Waals surface area contributed by atoms with Crippen molar-refractivity contribution >= 4 is 34.0 Å². The van der Waals surface area contributed by atoms with Crippen LogP contribution in [-0.4, -0.2) is 78.8 Å². The molecule has 0 bridgehead atoms. The van der Waals surface area contributed by atoms with Crippen molar-refractivity contribution in [3.63, 3.8) is 0 Å². The van der Waals surface area contributed by atoms with Gasteiger partial charge in [-0.2, -0.15) is 0 Å². The molecule has 0 aliphatic carbocycles. The maximum absolute atomic E-state index is 9.63. The Kier molecular flexibility index (Phi) is 24.9. The number of carbonyl (C=O) groups excluding carboxylic acids is 4. The molecular formula is C8H8BeNa2O12. The number of rotatable bonds is 6. The maximum Gasteiger partial charge on any atom is 2.00 e. The van der Waals surface area contributed by atoms with Gasteiger partial charge in [-0.05, 0) is 0 Å². The van der Waals surface area contributed by atoms with Crippen LogP contribution in [0, 0.1) is 0 Å². The van der Waals surface area contributed by atoms with Crippen LogP contribution in [0.15, 0.2) is 0 Å². The topological polar surface area (TPSA) is 241 Å². The van der Waals surface area contributed by atoms with Crippen LogP contribution in [0.4, 0.5) is 0 Å². The van der Waals surface area contributed by atoms with Gasteiger partial charge in [-0.15, -0.1) is 0 Å². The number of aliphatic carboxylic acids is 4. The van der Waals surface area contributed by atoms with Crippen LogP contribution < -0.4 is 79.5 Å². The SMILES string of the molecule is O=C([O-])C(O)C(O)C(=O)[O-].O=C([O-])C(O)C(O)C(=O)[O-].[Be+2].[Na+].[Na+]. The van der Waals surface area contributed by atoms with E-state index in [2.05, 4.69) is 0 Å². The summed E-state index contributed by atoms with van der Waals surface area (Å²) < 4.78 is 0. The van der Waals surface area contributed by atoms with Crippen molar-refractivity contribution in [3.05, 3.63) is 0 Å². The summed E-state index contributed by atoms with van der Waals surface area (Å²) in [7, 11) is 0. The molecule has 0 aromatic heterocycles. The van der Waals surface area contributed by atoms with Gasteiger partial charge >= 0.3 is 69.2 Å². The van der Waals surface area contributed by atoms with E-state index in [1.165, 1.54) is 0 Å². The monoisotopic (exact) mass is 351 g/mol. The quantitative estimate of drug-likeness (QED) is 0.326. The van der Waals surface area contributed by atoms with Crippen molar-refractivity contribution in [1.82, 2.24) is 0 Å². The van der Waals surface area contributed by atoms with Gasteiger partial charge < -0.3 is 60.0 Å². The largest absolute Gasteiger partial charge is 2.00 e. The molecule has 23 heavy (non-hydrogen) atoms. The second kappa shape index (κ2) is 16.7. The number of aliphatic hydroxyl groups excluding tert-OH is 4. The summed E-state index contributed by atoms with van der Waals surface area (Å²) in [5, 5.41) is 71.5. The van der Waals surface area contributed by atoms with E-state index in [1.807, 2.05) is 0 Å². The predicted octanol–water partition coefficient (Wildman–Crippen LogP) is -16.0. The first-order valence-electron chi connectivity index (χ1n) is 4.49. The Hall–Kier alpha value is -0.111. The molecule has 0 fully saturated rings. The van der Waals surface area contributed by atoms with E-state index < -0.39 is 48.3 Å². The summed E-state index contributed by atoms with van der Waals surface area (Å²) >= 11 is 0. The van der Waals surface area contributed by atoms with E-state index in [1.54, 1.807) is 0 Å². The van der Waals surface area contributed by atoms with Crippen molar-refractivity contribution < 1.29 is 119 Å². The van der Waals surface area contributed by atoms with Gasteiger partial charge in [0.2, 0.25) is 0 Å². The Morgan fingerprint density at radius 1 is 0.522 bits per heavy atom. The zero-order chi connectivity index (χ0) is 16.6. The summed E-state index contributed by atoms with van der Waals surface area (Å²) in [6.45, 7) is 0. The van der Waals surface area contributed by atoms with Gasteiger partial charge in [-0.3, -0.25) is 0 Å². The Labute approximate surface area is 176 Å². The molecule has 15 heteroatoms. The summed E-state index contributed by atoms with van der Waals surface area (Å²) in [4.78, 5) is 38.5. The Morgan fingerprint density at radius 3 is 0.652 bits per heavy atom. The standard InChI is InChI=1S/2C4H6O6.Be.2Na/c2*5-1(3(7)8)2(6)4(9)10;;;/h2*1-2,5-6H,(H,7,8)(H,9,10);;;/q;;+2;2*+1/p-4. The molecule has 0 aliphatic rings. The maximum atomic E-state index is 9.63. The number of carboxylic acid groups (broad SMARTS) is 4. The number of aliphatic hydroxyl groups is 4. The van der Waals surface area contributed by atoms with E-state index in [0.717, 1.165) is 0 Å². The van der Waals surface area contributed by atoms with Gasteiger partial charge in [0.1, 0.15) is 24.4 Å². The van der Waals surface area contributed by atoms with Crippen LogP contribution >= 0.6 is 0 Å². The molecule has 0 heterocycles.